The van der Waals surface area contributed by atoms with Crippen LogP contribution in [-0.4, -0.2) is 82.9 Å². The van der Waals surface area contributed by atoms with E-state index in [0.29, 0.717) is 6.42 Å². The Morgan fingerprint density at radius 1 is 1.33 bits per heavy atom. The number of hydrogen-bond donors (Lipinski definition) is 4. The van der Waals surface area contributed by atoms with Gasteiger partial charge >= 0.3 is 10.4 Å². The van der Waals surface area contributed by atoms with E-state index in [1.54, 1.807) is 19.9 Å². The van der Waals surface area contributed by atoms with Gasteiger partial charge in [-0.25, -0.2) is 4.18 Å². The Bertz CT molecular complexity index is 633. The summed E-state index contributed by atoms with van der Waals surface area (Å²) in [6.07, 6.45) is -5.16. The molecule has 0 amide bonds. The van der Waals surface area contributed by atoms with E-state index in [0.717, 1.165) is 6.42 Å². The van der Waals surface area contributed by atoms with E-state index in [1.807, 2.05) is 6.92 Å². The molecule has 2 aliphatic heterocycles. The van der Waals surface area contributed by atoms with Crippen LogP contribution in [0.25, 0.3) is 0 Å². The summed E-state index contributed by atoms with van der Waals surface area (Å²) < 4.78 is 52.2. The van der Waals surface area contributed by atoms with Gasteiger partial charge in [0.2, 0.25) is 0 Å². The van der Waals surface area contributed by atoms with E-state index in [-0.39, 0.29) is 6.10 Å². The van der Waals surface area contributed by atoms with Gasteiger partial charge in [0.15, 0.2) is 6.29 Å². The van der Waals surface area contributed by atoms with E-state index in [4.69, 9.17) is 18.8 Å². The lowest BCUT2D eigenvalue weighted by Gasteiger charge is -2.44. The predicted molar refractivity (Wildman–Crippen MR) is 92.1 cm³/mol. The van der Waals surface area contributed by atoms with E-state index in [2.05, 4.69) is 10.8 Å². The molecule has 2 rings (SSSR count). The summed E-state index contributed by atoms with van der Waals surface area (Å²) in [6.45, 7) is 8.36. The van der Waals surface area contributed by atoms with Crippen molar-refractivity contribution >= 4 is 10.4 Å². The molecule has 7 atom stereocenters. The van der Waals surface area contributed by atoms with Crippen LogP contribution >= 0.6 is 0 Å². The summed E-state index contributed by atoms with van der Waals surface area (Å²) in [5, 5.41) is 29.9. The summed E-state index contributed by atoms with van der Waals surface area (Å²) in [5.74, 6) is 0. The van der Waals surface area contributed by atoms with Gasteiger partial charge in [-0.3, -0.25) is 4.55 Å². The van der Waals surface area contributed by atoms with Crippen molar-refractivity contribution in [1.29, 1.82) is 0 Å². The summed E-state index contributed by atoms with van der Waals surface area (Å²) >= 11 is 0. The first-order chi connectivity index (χ1) is 12.3. The maximum absolute atomic E-state index is 10.9. The molecule has 0 radical (unpaired) electrons. The highest BCUT2D eigenvalue weighted by Gasteiger charge is 2.51. The third-order valence-electron chi connectivity index (χ3n) is 4.99. The number of aliphatic hydroxyl groups is 3. The Morgan fingerprint density at radius 2 is 1.96 bits per heavy atom. The van der Waals surface area contributed by atoms with E-state index < -0.39 is 58.9 Å². The molecule has 2 aliphatic rings. The molecule has 4 N–H and O–H groups in total. The lowest BCUT2D eigenvalue weighted by atomic mass is 9.95. The quantitative estimate of drug-likeness (QED) is 0.319. The standard InChI is InChI=1S/C16H28O10S/c1-5-16(4)7-6-10(24-16)15(2,3)25-14-12(19)11(18)13(9(8-17)23-14)26-27(20,21)22/h5,9-14,17-19H,1,6-8H2,2-4H3,(H,20,21,22)/t9-,10-,11-,12-,13-,14+,16+/m1/s1. The van der Waals surface area contributed by atoms with Gasteiger partial charge in [-0.05, 0) is 33.6 Å². The zero-order valence-corrected chi connectivity index (χ0v) is 16.3. The van der Waals surface area contributed by atoms with Gasteiger partial charge in [-0.1, -0.05) is 6.08 Å². The average Bonchev–Trinajstić information content (AvgIpc) is 2.97. The molecule has 0 unspecified atom stereocenters. The molecule has 0 aromatic carbocycles. The van der Waals surface area contributed by atoms with Crippen LogP contribution in [0.1, 0.15) is 33.6 Å². The summed E-state index contributed by atoms with van der Waals surface area (Å²) in [4.78, 5) is 0. The number of aliphatic hydroxyl groups excluding tert-OH is 3. The summed E-state index contributed by atoms with van der Waals surface area (Å²) in [6, 6.07) is 0. The molecule has 2 heterocycles. The van der Waals surface area contributed by atoms with Crippen molar-refractivity contribution in [3.63, 3.8) is 0 Å². The van der Waals surface area contributed by atoms with Crippen molar-refractivity contribution in [1.82, 2.24) is 0 Å². The van der Waals surface area contributed by atoms with Gasteiger partial charge in [0, 0.05) is 0 Å². The fourth-order valence-electron chi connectivity index (χ4n) is 3.28. The fraction of sp³-hybridized carbons (Fsp3) is 0.875. The van der Waals surface area contributed by atoms with Crippen molar-refractivity contribution < 1.29 is 46.7 Å². The van der Waals surface area contributed by atoms with Crippen LogP contribution in [0.2, 0.25) is 0 Å². The second kappa shape index (κ2) is 8.01. The maximum atomic E-state index is 10.9. The third kappa shape index (κ3) is 5.25. The number of hydrogen-bond acceptors (Lipinski definition) is 9. The second-order valence-corrected chi connectivity index (χ2v) is 8.63. The number of ether oxygens (including phenoxy) is 3. The minimum Gasteiger partial charge on any atom is -0.394 e. The van der Waals surface area contributed by atoms with Gasteiger partial charge < -0.3 is 29.5 Å². The van der Waals surface area contributed by atoms with Crippen LogP contribution in [0.3, 0.4) is 0 Å². The first-order valence-corrected chi connectivity index (χ1v) is 9.96. The van der Waals surface area contributed by atoms with Crippen LogP contribution in [0.15, 0.2) is 12.7 Å². The van der Waals surface area contributed by atoms with Crippen LogP contribution in [0.5, 0.6) is 0 Å². The SMILES string of the molecule is C=C[C@@]1(C)CC[C@H](C(C)(C)O[C@@H]2O[C@H](CO)[C@@H](OS(=O)(=O)O)[C@H](O)[C@H]2O)O1. The molecule has 0 spiro atoms. The van der Waals surface area contributed by atoms with Gasteiger partial charge in [0.05, 0.1) is 23.9 Å². The smallest absolute Gasteiger partial charge is 0.394 e. The van der Waals surface area contributed by atoms with Gasteiger partial charge in [-0.15, -0.1) is 6.58 Å². The molecule has 0 aromatic heterocycles. The first-order valence-electron chi connectivity index (χ1n) is 8.59. The van der Waals surface area contributed by atoms with Gasteiger partial charge in [0.25, 0.3) is 0 Å². The van der Waals surface area contributed by atoms with Crippen LogP contribution in [0.4, 0.5) is 0 Å². The Labute approximate surface area is 158 Å². The van der Waals surface area contributed by atoms with Gasteiger partial charge in [-0.2, -0.15) is 8.42 Å². The molecule has 11 heteroatoms. The van der Waals surface area contributed by atoms with E-state index >= 15 is 0 Å². The molecule has 10 nitrogen and oxygen atoms in total. The second-order valence-electron chi connectivity index (χ2n) is 7.58. The lowest BCUT2D eigenvalue weighted by Crippen LogP contribution is -2.62. The highest BCUT2D eigenvalue weighted by molar-refractivity contribution is 7.80. The Morgan fingerprint density at radius 3 is 2.44 bits per heavy atom. The van der Waals surface area contributed by atoms with Crippen LogP contribution in [-0.2, 0) is 28.8 Å². The molecule has 0 aromatic rings. The molecular formula is C16H28O10S. The van der Waals surface area contributed by atoms with E-state index in [9.17, 15) is 23.7 Å². The van der Waals surface area contributed by atoms with Crippen molar-refractivity contribution in [2.24, 2.45) is 0 Å². The highest BCUT2D eigenvalue weighted by Crippen LogP contribution is 2.39. The zero-order chi connectivity index (χ0) is 20.6. The van der Waals surface area contributed by atoms with Crippen LogP contribution < -0.4 is 0 Å². The summed E-state index contributed by atoms with van der Waals surface area (Å²) in [7, 11) is -4.94. The minimum atomic E-state index is -4.94. The highest BCUT2D eigenvalue weighted by atomic mass is 32.3. The van der Waals surface area contributed by atoms with Crippen molar-refractivity contribution in [3.05, 3.63) is 12.7 Å². The molecule has 2 fully saturated rings. The molecule has 158 valence electrons. The van der Waals surface area contributed by atoms with Gasteiger partial charge in [0.1, 0.15) is 24.4 Å². The largest absolute Gasteiger partial charge is 0.397 e. The van der Waals surface area contributed by atoms with Crippen molar-refractivity contribution in [3.8, 4) is 0 Å². The normalized spacial score (nSPS) is 40.9. The Hall–Kier alpha value is -0.630. The molecule has 0 bridgehead atoms. The maximum Gasteiger partial charge on any atom is 0.397 e. The Balaban J connectivity index is 2.11. The molecule has 0 aliphatic carbocycles. The fourth-order valence-corrected chi connectivity index (χ4v) is 3.80. The topological polar surface area (TPSA) is 152 Å². The molecule has 27 heavy (non-hydrogen) atoms. The first kappa shape index (κ1) is 22.7. The summed E-state index contributed by atoms with van der Waals surface area (Å²) in [5.41, 5.74) is -1.44. The van der Waals surface area contributed by atoms with Crippen molar-refractivity contribution in [2.45, 2.75) is 81.6 Å². The zero-order valence-electron chi connectivity index (χ0n) is 15.5. The van der Waals surface area contributed by atoms with Crippen LogP contribution in [0, 0.1) is 0 Å². The molecule has 2 saturated heterocycles. The third-order valence-corrected chi connectivity index (χ3v) is 5.46. The van der Waals surface area contributed by atoms with E-state index in [1.165, 1.54) is 0 Å². The monoisotopic (exact) mass is 412 g/mol. The van der Waals surface area contributed by atoms with Crippen molar-refractivity contribution in [2.75, 3.05) is 6.61 Å². The predicted octanol–water partition coefficient (Wildman–Crippen LogP) is -0.468. The number of rotatable bonds is 7. The molecular weight excluding hydrogens is 384 g/mol. The average molecular weight is 412 g/mol. The Kier molecular flexibility index (Phi) is 6.72. The molecule has 0 saturated carbocycles. The lowest BCUT2D eigenvalue weighted by molar-refractivity contribution is -0.330. The minimum absolute atomic E-state index is 0.354.